The van der Waals surface area contributed by atoms with Crippen molar-refractivity contribution in [1.29, 1.82) is 5.26 Å². The van der Waals surface area contributed by atoms with Gasteiger partial charge in [-0.25, -0.2) is 9.78 Å². The fraction of sp³-hybridized carbons (Fsp3) is 0.533. The van der Waals surface area contributed by atoms with E-state index in [1.807, 2.05) is 6.07 Å². The molecule has 9 nitrogen and oxygen atoms in total. The first-order valence-corrected chi connectivity index (χ1v) is 7.49. The molecule has 1 saturated heterocycles. The summed E-state index contributed by atoms with van der Waals surface area (Å²) in [6.45, 7) is 6.17. The number of nitro groups is 1. The first kappa shape index (κ1) is 17.5. The number of carbonyl (C=O) groups excluding carboxylic acids is 1. The summed E-state index contributed by atoms with van der Waals surface area (Å²) >= 11 is 0. The zero-order valence-electron chi connectivity index (χ0n) is 13.8. The van der Waals surface area contributed by atoms with Crippen LogP contribution in [-0.4, -0.2) is 40.7 Å². The molecule has 1 amide bonds. The molecular formula is C15H19N5O4. The van der Waals surface area contributed by atoms with Gasteiger partial charge in [-0.3, -0.25) is 10.1 Å². The molecule has 24 heavy (non-hydrogen) atoms. The SMILES string of the molecule is CC(C)(C)OC(=O)N[C@H]1CCN(c2nccc(C#N)c2[N+](=O)[O-])C1. The molecule has 1 N–H and O–H groups in total. The Bertz CT molecular complexity index is 692. The molecule has 0 unspecified atom stereocenters. The Morgan fingerprint density at radius 3 is 2.88 bits per heavy atom. The lowest BCUT2D eigenvalue weighted by atomic mass is 10.2. The third-order valence-corrected chi connectivity index (χ3v) is 3.42. The van der Waals surface area contributed by atoms with Gasteiger partial charge in [-0.15, -0.1) is 0 Å². The second-order valence-corrected chi connectivity index (χ2v) is 6.48. The second-order valence-electron chi connectivity index (χ2n) is 6.48. The Morgan fingerprint density at radius 2 is 2.29 bits per heavy atom. The largest absolute Gasteiger partial charge is 0.444 e. The molecule has 1 aromatic heterocycles. The van der Waals surface area contributed by atoms with Gasteiger partial charge in [0.25, 0.3) is 0 Å². The van der Waals surface area contributed by atoms with Gasteiger partial charge in [-0.2, -0.15) is 5.26 Å². The van der Waals surface area contributed by atoms with Crippen LogP contribution in [0.1, 0.15) is 32.8 Å². The minimum absolute atomic E-state index is 0.0337. The van der Waals surface area contributed by atoms with Gasteiger partial charge in [0.05, 0.1) is 11.0 Å². The molecule has 0 aromatic carbocycles. The van der Waals surface area contributed by atoms with E-state index in [-0.39, 0.29) is 23.1 Å². The highest BCUT2D eigenvalue weighted by Crippen LogP contribution is 2.31. The van der Waals surface area contributed by atoms with E-state index < -0.39 is 16.6 Å². The van der Waals surface area contributed by atoms with Crippen molar-refractivity contribution >= 4 is 17.6 Å². The molecular weight excluding hydrogens is 314 g/mol. The van der Waals surface area contributed by atoms with Crippen molar-refractivity contribution in [3.8, 4) is 6.07 Å². The molecule has 1 fully saturated rings. The van der Waals surface area contributed by atoms with E-state index in [4.69, 9.17) is 10.00 Å². The minimum Gasteiger partial charge on any atom is -0.444 e. The third-order valence-electron chi connectivity index (χ3n) is 3.42. The fourth-order valence-corrected chi connectivity index (χ4v) is 2.49. The number of ether oxygens (including phenoxy) is 1. The van der Waals surface area contributed by atoms with Crippen LogP contribution in [-0.2, 0) is 4.74 Å². The zero-order chi connectivity index (χ0) is 17.9. The average molecular weight is 333 g/mol. The quantitative estimate of drug-likeness (QED) is 0.662. The van der Waals surface area contributed by atoms with E-state index in [1.54, 1.807) is 25.7 Å². The number of nitrogens with zero attached hydrogens (tertiary/aromatic N) is 4. The van der Waals surface area contributed by atoms with Gasteiger partial charge < -0.3 is 15.0 Å². The monoisotopic (exact) mass is 333 g/mol. The number of pyridine rings is 1. The molecule has 0 radical (unpaired) electrons. The summed E-state index contributed by atoms with van der Waals surface area (Å²) in [7, 11) is 0. The van der Waals surface area contributed by atoms with Crippen molar-refractivity contribution in [3.63, 3.8) is 0 Å². The fourth-order valence-electron chi connectivity index (χ4n) is 2.49. The van der Waals surface area contributed by atoms with E-state index in [9.17, 15) is 14.9 Å². The summed E-state index contributed by atoms with van der Waals surface area (Å²) in [5.41, 5.74) is -0.935. The van der Waals surface area contributed by atoms with Crippen molar-refractivity contribution < 1.29 is 14.5 Å². The number of amides is 1. The number of aromatic nitrogens is 1. The molecule has 2 heterocycles. The molecule has 0 aliphatic carbocycles. The maximum Gasteiger partial charge on any atom is 0.407 e. The number of carbonyl (C=O) groups is 1. The molecule has 128 valence electrons. The summed E-state index contributed by atoms with van der Waals surface area (Å²) < 4.78 is 5.20. The lowest BCUT2D eigenvalue weighted by Gasteiger charge is -2.22. The summed E-state index contributed by atoms with van der Waals surface area (Å²) in [4.78, 5) is 28.2. The summed E-state index contributed by atoms with van der Waals surface area (Å²) in [6.07, 6.45) is 1.45. The maximum absolute atomic E-state index is 11.8. The lowest BCUT2D eigenvalue weighted by Crippen LogP contribution is -2.40. The number of rotatable bonds is 3. The third kappa shape index (κ3) is 4.10. The first-order chi connectivity index (χ1) is 11.2. The molecule has 2 rings (SSSR count). The number of hydrogen-bond donors (Lipinski definition) is 1. The number of nitrogens with one attached hydrogen (secondary N) is 1. The zero-order valence-corrected chi connectivity index (χ0v) is 13.8. The summed E-state index contributed by atoms with van der Waals surface area (Å²) in [5.74, 6) is 0.146. The molecule has 1 aliphatic rings. The molecule has 1 aliphatic heterocycles. The van der Waals surface area contributed by atoms with Gasteiger partial charge in [0, 0.05) is 19.3 Å². The average Bonchev–Trinajstić information content (AvgIpc) is 2.92. The number of nitriles is 1. The van der Waals surface area contributed by atoms with Gasteiger partial charge in [-0.1, -0.05) is 0 Å². The summed E-state index contributed by atoms with van der Waals surface area (Å²) in [6, 6.07) is 2.92. The van der Waals surface area contributed by atoms with E-state index in [2.05, 4.69) is 10.3 Å². The first-order valence-electron chi connectivity index (χ1n) is 7.49. The smallest absolute Gasteiger partial charge is 0.407 e. The number of anilines is 1. The van der Waals surface area contributed by atoms with Gasteiger partial charge in [0.2, 0.25) is 5.82 Å². The molecule has 1 aromatic rings. The lowest BCUT2D eigenvalue weighted by molar-refractivity contribution is -0.384. The van der Waals surface area contributed by atoms with Crippen LogP contribution in [0.3, 0.4) is 0 Å². The highest BCUT2D eigenvalue weighted by atomic mass is 16.6. The predicted molar refractivity (Wildman–Crippen MR) is 85.6 cm³/mol. The second kappa shape index (κ2) is 6.70. The molecule has 0 saturated carbocycles. The Hall–Kier alpha value is -2.89. The normalized spacial score (nSPS) is 17.2. The van der Waals surface area contributed by atoms with Crippen LogP contribution in [0.25, 0.3) is 0 Å². The van der Waals surface area contributed by atoms with Crippen molar-refractivity contribution in [1.82, 2.24) is 10.3 Å². The van der Waals surface area contributed by atoms with Gasteiger partial charge in [0.1, 0.15) is 17.2 Å². The topological polar surface area (TPSA) is 121 Å². The van der Waals surface area contributed by atoms with Crippen LogP contribution < -0.4 is 10.2 Å². The Balaban J connectivity index is 2.11. The van der Waals surface area contributed by atoms with Gasteiger partial charge >= 0.3 is 11.8 Å². The van der Waals surface area contributed by atoms with E-state index in [0.29, 0.717) is 19.5 Å². The predicted octanol–water partition coefficient (Wildman–Crippen LogP) is 1.96. The van der Waals surface area contributed by atoms with Gasteiger partial charge in [-0.05, 0) is 33.3 Å². The van der Waals surface area contributed by atoms with Crippen molar-refractivity contribution in [3.05, 3.63) is 27.9 Å². The molecule has 0 bridgehead atoms. The Labute approximate surface area is 139 Å². The minimum atomic E-state index is -0.602. The molecule has 9 heteroatoms. The highest BCUT2D eigenvalue weighted by Gasteiger charge is 2.32. The number of hydrogen-bond acceptors (Lipinski definition) is 7. The van der Waals surface area contributed by atoms with E-state index in [1.165, 1.54) is 12.3 Å². The Morgan fingerprint density at radius 1 is 1.58 bits per heavy atom. The van der Waals surface area contributed by atoms with Crippen molar-refractivity contribution in [2.45, 2.75) is 38.8 Å². The maximum atomic E-state index is 11.8. The van der Waals surface area contributed by atoms with Crippen LogP contribution in [0, 0.1) is 21.4 Å². The standard InChI is InChI=1S/C15H19N5O4/c1-15(2,3)24-14(21)18-11-5-7-19(9-11)13-12(20(22)23)10(8-16)4-6-17-13/h4,6,11H,5,7,9H2,1-3H3,(H,18,21)/t11-/m0/s1. The highest BCUT2D eigenvalue weighted by molar-refractivity contribution is 5.69. The van der Waals surface area contributed by atoms with Crippen LogP contribution in [0.15, 0.2) is 12.3 Å². The van der Waals surface area contributed by atoms with Gasteiger partial charge in [0.15, 0.2) is 0 Å². The van der Waals surface area contributed by atoms with Crippen LogP contribution >= 0.6 is 0 Å². The van der Waals surface area contributed by atoms with E-state index >= 15 is 0 Å². The van der Waals surface area contributed by atoms with Crippen molar-refractivity contribution in [2.24, 2.45) is 0 Å². The van der Waals surface area contributed by atoms with Crippen LogP contribution in [0.4, 0.5) is 16.3 Å². The van der Waals surface area contributed by atoms with Crippen molar-refractivity contribution in [2.75, 3.05) is 18.0 Å². The summed E-state index contributed by atoms with van der Waals surface area (Å²) in [5, 5.41) is 23.1. The van der Waals surface area contributed by atoms with Crippen LogP contribution in [0.5, 0.6) is 0 Å². The molecule has 1 atom stereocenters. The number of alkyl carbamates (subject to hydrolysis) is 1. The van der Waals surface area contributed by atoms with Crippen LogP contribution in [0.2, 0.25) is 0 Å². The van der Waals surface area contributed by atoms with E-state index in [0.717, 1.165) is 0 Å². The molecule has 0 spiro atoms. The Kier molecular flexibility index (Phi) is 4.87.